The van der Waals surface area contributed by atoms with E-state index in [9.17, 15) is 4.79 Å². The molecule has 2 atom stereocenters. The minimum absolute atomic E-state index is 0.159. The number of hydrogen-bond donors (Lipinski definition) is 2. The summed E-state index contributed by atoms with van der Waals surface area (Å²) in [4.78, 5) is 11.6. The first-order valence-electron chi connectivity index (χ1n) is 7.47. The highest BCUT2D eigenvalue weighted by molar-refractivity contribution is 5.67. The summed E-state index contributed by atoms with van der Waals surface area (Å²) in [6.07, 6.45) is -0.375. The minimum atomic E-state index is -0.463. The van der Waals surface area contributed by atoms with E-state index in [1.54, 1.807) is 0 Å². The summed E-state index contributed by atoms with van der Waals surface area (Å²) in [5.41, 5.74) is 2.08. The maximum absolute atomic E-state index is 11.6. The molecular weight excluding hydrogens is 264 g/mol. The molecule has 0 aliphatic heterocycles. The van der Waals surface area contributed by atoms with E-state index in [2.05, 4.69) is 36.6 Å². The van der Waals surface area contributed by atoms with Gasteiger partial charge in [0.15, 0.2) is 0 Å². The van der Waals surface area contributed by atoms with Crippen molar-refractivity contribution in [3.05, 3.63) is 35.4 Å². The number of alkyl carbamates (subject to hydrolysis) is 1. The molecule has 0 radical (unpaired) electrons. The van der Waals surface area contributed by atoms with Gasteiger partial charge >= 0.3 is 6.09 Å². The van der Waals surface area contributed by atoms with Crippen molar-refractivity contribution in [2.75, 3.05) is 6.54 Å². The topological polar surface area (TPSA) is 50.4 Å². The predicted molar refractivity (Wildman–Crippen MR) is 86.4 cm³/mol. The van der Waals surface area contributed by atoms with Crippen LogP contribution in [0.25, 0.3) is 0 Å². The normalized spacial score (nSPS) is 14.4. The van der Waals surface area contributed by atoms with E-state index in [4.69, 9.17) is 4.74 Å². The first kappa shape index (κ1) is 17.5. The molecule has 0 heterocycles. The molecule has 4 nitrogen and oxygen atoms in total. The SMILES string of the molecule is Cc1ccccc1C(C)NC(C)CNC(=O)OC(C)(C)C. The number of carbonyl (C=O) groups is 1. The highest BCUT2D eigenvalue weighted by atomic mass is 16.6. The van der Waals surface area contributed by atoms with Crippen molar-refractivity contribution in [2.45, 2.75) is 59.2 Å². The van der Waals surface area contributed by atoms with Crippen molar-refractivity contribution in [3.63, 3.8) is 0 Å². The van der Waals surface area contributed by atoms with Gasteiger partial charge < -0.3 is 15.4 Å². The third-order valence-corrected chi connectivity index (χ3v) is 3.14. The Morgan fingerprint density at radius 3 is 2.43 bits per heavy atom. The fraction of sp³-hybridized carbons (Fsp3) is 0.588. The van der Waals surface area contributed by atoms with Crippen LogP contribution in [0, 0.1) is 6.92 Å². The number of ether oxygens (including phenoxy) is 1. The van der Waals surface area contributed by atoms with Crippen molar-refractivity contribution in [2.24, 2.45) is 0 Å². The highest BCUT2D eigenvalue weighted by Gasteiger charge is 2.17. The number of amides is 1. The minimum Gasteiger partial charge on any atom is -0.444 e. The number of rotatable bonds is 5. The van der Waals surface area contributed by atoms with Crippen LogP contribution in [0.4, 0.5) is 4.79 Å². The fourth-order valence-electron chi connectivity index (χ4n) is 2.20. The first-order chi connectivity index (χ1) is 9.69. The second-order valence-electron chi connectivity index (χ2n) is 6.53. The van der Waals surface area contributed by atoms with Crippen LogP contribution in [0.3, 0.4) is 0 Å². The third kappa shape index (κ3) is 6.63. The summed E-state index contributed by atoms with van der Waals surface area (Å²) in [6.45, 7) is 12.4. The lowest BCUT2D eigenvalue weighted by molar-refractivity contribution is 0.0522. The van der Waals surface area contributed by atoms with Crippen LogP contribution in [0.5, 0.6) is 0 Å². The van der Waals surface area contributed by atoms with Crippen LogP contribution in [0.2, 0.25) is 0 Å². The Balaban J connectivity index is 2.42. The Kier molecular flexibility index (Phi) is 6.21. The predicted octanol–water partition coefficient (Wildman–Crippen LogP) is 3.56. The molecule has 2 unspecified atom stereocenters. The Morgan fingerprint density at radius 1 is 1.24 bits per heavy atom. The number of aryl methyl sites for hydroxylation is 1. The number of hydrogen-bond acceptors (Lipinski definition) is 3. The maximum atomic E-state index is 11.6. The molecule has 0 saturated carbocycles. The summed E-state index contributed by atoms with van der Waals surface area (Å²) in [6, 6.07) is 8.72. The average Bonchev–Trinajstić information content (AvgIpc) is 2.34. The van der Waals surface area contributed by atoms with Gasteiger partial charge in [-0.05, 0) is 52.7 Å². The lowest BCUT2D eigenvalue weighted by atomic mass is 10.0. The molecule has 0 fully saturated rings. The zero-order valence-electron chi connectivity index (χ0n) is 14.0. The standard InChI is InChI=1S/C17H28N2O2/c1-12-9-7-8-10-15(12)14(3)19-13(2)11-18-16(20)21-17(4,5)6/h7-10,13-14,19H,11H2,1-6H3,(H,18,20). The van der Waals surface area contributed by atoms with Crippen LogP contribution in [0.1, 0.15) is 51.8 Å². The molecule has 0 aliphatic carbocycles. The molecule has 4 heteroatoms. The van der Waals surface area contributed by atoms with Crippen molar-refractivity contribution in [1.82, 2.24) is 10.6 Å². The molecule has 0 bridgehead atoms. The van der Waals surface area contributed by atoms with Gasteiger partial charge in [0, 0.05) is 18.6 Å². The number of benzene rings is 1. The van der Waals surface area contributed by atoms with Crippen LogP contribution in [0.15, 0.2) is 24.3 Å². The fourth-order valence-corrected chi connectivity index (χ4v) is 2.20. The van der Waals surface area contributed by atoms with E-state index in [0.29, 0.717) is 6.54 Å². The largest absolute Gasteiger partial charge is 0.444 e. The molecule has 0 aromatic heterocycles. The van der Waals surface area contributed by atoms with Gasteiger partial charge in [0.1, 0.15) is 5.60 Å². The monoisotopic (exact) mass is 292 g/mol. The van der Waals surface area contributed by atoms with Gasteiger partial charge in [-0.25, -0.2) is 4.79 Å². The van der Waals surface area contributed by atoms with Crippen LogP contribution in [-0.2, 0) is 4.74 Å². The summed E-state index contributed by atoms with van der Waals surface area (Å²) >= 11 is 0. The maximum Gasteiger partial charge on any atom is 0.407 e. The number of carbonyl (C=O) groups excluding carboxylic acids is 1. The molecule has 2 N–H and O–H groups in total. The second kappa shape index (κ2) is 7.46. The second-order valence-corrected chi connectivity index (χ2v) is 6.53. The van der Waals surface area contributed by atoms with Gasteiger partial charge in [0.05, 0.1) is 0 Å². The molecule has 21 heavy (non-hydrogen) atoms. The Labute approximate surface area is 128 Å². The number of nitrogens with one attached hydrogen (secondary N) is 2. The molecule has 118 valence electrons. The van der Waals surface area contributed by atoms with Crippen molar-refractivity contribution in [3.8, 4) is 0 Å². The van der Waals surface area contributed by atoms with Crippen LogP contribution in [-0.4, -0.2) is 24.3 Å². The lowest BCUT2D eigenvalue weighted by Crippen LogP contribution is -2.42. The van der Waals surface area contributed by atoms with E-state index >= 15 is 0 Å². The molecule has 1 rings (SSSR count). The van der Waals surface area contributed by atoms with Crippen LogP contribution >= 0.6 is 0 Å². The van der Waals surface area contributed by atoms with Crippen LogP contribution < -0.4 is 10.6 Å². The summed E-state index contributed by atoms with van der Waals surface area (Å²) in [5.74, 6) is 0. The van der Waals surface area contributed by atoms with Crippen molar-refractivity contribution in [1.29, 1.82) is 0 Å². The van der Waals surface area contributed by atoms with Gasteiger partial charge in [0.25, 0.3) is 0 Å². The molecule has 0 aliphatic rings. The Bertz CT molecular complexity index is 466. The molecule has 1 amide bonds. The van der Waals surface area contributed by atoms with E-state index in [1.807, 2.05) is 39.8 Å². The molecule has 1 aromatic rings. The third-order valence-electron chi connectivity index (χ3n) is 3.14. The highest BCUT2D eigenvalue weighted by Crippen LogP contribution is 2.17. The average molecular weight is 292 g/mol. The zero-order chi connectivity index (χ0) is 16.0. The van der Waals surface area contributed by atoms with E-state index < -0.39 is 5.60 Å². The summed E-state index contributed by atoms with van der Waals surface area (Å²) in [5, 5.41) is 6.27. The smallest absolute Gasteiger partial charge is 0.407 e. The van der Waals surface area contributed by atoms with E-state index in [-0.39, 0.29) is 18.2 Å². The molecular formula is C17H28N2O2. The Morgan fingerprint density at radius 2 is 1.86 bits per heavy atom. The molecule has 0 spiro atoms. The zero-order valence-corrected chi connectivity index (χ0v) is 14.0. The van der Waals surface area contributed by atoms with Gasteiger partial charge in [0.2, 0.25) is 0 Å². The quantitative estimate of drug-likeness (QED) is 0.872. The Hall–Kier alpha value is -1.55. The van der Waals surface area contributed by atoms with E-state index in [1.165, 1.54) is 11.1 Å². The van der Waals surface area contributed by atoms with Gasteiger partial charge in [-0.1, -0.05) is 24.3 Å². The van der Waals surface area contributed by atoms with Crippen molar-refractivity contribution < 1.29 is 9.53 Å². The van der Waals surface area contributed by atoms with E-state index in [0.717, 1.165) is 0 Å². The molecule has 0 saturated heterocycles. The first-order valence-corrected chi connectivity index (χ1v) is 7.47. The van der Waals surface area contributed by atoms with Gasteiger partial charge in [-0.3, -0.25) is 0 Å². The van der Waals surface area contributed by atoms with Crippen molar-refractivity contribution >= 4 is 6.09 Å². The lowest BCUT2D eigenvalue weighted by Gasteiger charge is -2.23. The summed E-state index contributed by atoms with van der Waals surface area (Å²) in [7, 11) is 0. The van der Waals surface area contributed by atoms with Gasteiger partial charge in [-0.15, -0.1) is 0 Å². The summed E-state index contributed by atoms with van der Waals surface area (Å²) < 4.78 is 5.22. The molecule has 1 aromatic carbocycles. The van der Waals surface area contributed by atoms with Gasteiger partial charge in [-0.2, -0.15) is 0 Å².